The van der Waals surface area contributed by atoms with E-state index in [4.69, 9.17) is 17.3 Å². The van der Waals surface area contributed by atoms with Crippen LogP contribution in [0, 0.1) is 6.92 Å². The Kier molecular flexibility index (Phi) is 3.31. The van der Waals surface area contributed by atoms with Crippen molar-refractivity contribution in [1.82, 2.24) is 0 Å². The Bertz CT molecular complexity index is 299. The Morgan fingerprint density at radius 3 is 2.54 bits per heavy atom. The van der Waals surface area contributed by atoms with Gasteiger partial charge in [-0.25, -0.2) is 0 Å². The molecule has 0 bridgehead atoms. The van der Waals surface area contributed by atoms with Gasteiger partial charge < -0.3 is 10.8 Å². The molecule has 0 aliphatic rings. The van der Waals surface area contributed by atoms with E-state index in [1.165, 1.54) is 0 Å². The van der Waals surface area contributed by atoms with Crippen LogP contribution in [-0.4, -0.2) is 11.1 Å². The molecule has 0 saturated heterocycles. The van der Waals surface area contributed by atoms with Crippen molar-refractivity contribution in [3.63, 3.8) is 0 Å². The first-order valence-electron chi connectivity index (χ1n) is 4.22. The molecule has 0 saturated carbocycles. The fourth-order valence-electron chi connectivity index (χ4n) is 1.10. The highest BCUT2D eigenvalue weighted by molar-refractivity contribution is 6.31. The number of nitrogens with two attached hydrogens (primary N) is 1. The van der Waals surface area contributed by atoms with E-state index in [9.17, 15) is 5.11 Å². The fraction of sp³-hybridized carbons (Fsp3) is 0.400. The van der Waals surface area contributed by atoms with E-state index >= 15 is 0 Å². The molecular formula is C10H14ClNO. The van der Waals surface area contributed by atoms with E-state index in [-0.39, 0.29) is 6.04 Å². The second-order valence-corrected chi connectivity index (χ2v) is 3.72. The van der Waals surface area contributed by atoms with Gasteiger partial charge in [0.25, 0.3) is 0 Å². The van der Waals surface area contributed by atoms with E-state index < -0.39 is 6.10 Å². The molecule has 0 aliphatic heterocycles. The highest BCUT2D eigenvalue weighted by Crippen LogP contribution is 2.22. The molecule has 1 rings (SSSR count). The average Bonchev–Trinajstić information content (AvgIpc) is 2.08. The van der Waals surface area contributed by atoms with Crippen molar-refractivity contribution < 1.29 is 5.11 Å². The Balaban J connectivity index is 2.97. The summed E-state index contributed by atoms with van der Waals surface area (Å²) in [6.07, 6.45) is -0.641. The third kappa shape index (κ3) is 2.44. The summed E-state index contributed by atoms with van der Waals surface area (Å²) in [5, 5.41) is 10.3. The molecule has 0 aliphatic carbocycles. The molecule has 0 heterocycles. The van der Waals surface area contributed by atoms with Gasteiger partial charge in [-0.2, -0.15) is 0 Å². The van der Waals surface area contributed by atoms with Gasteiger partial charge in [0.05, 0.1) is 6.10 Å². The maximum absolute atomic E-state index is 9.63. The molecule has 1 aromatic rings. The topological polar surface area (TPSA) is 46.2 Å². The summed E-state index contributed by atoms with van der Waals surface area (Å²) in [6, 6.07) is 5.20. The van der Waals surface area contributed by atoms with Gasteiger partial charge in [0.2, 0.25) is 0 Å². The highest BCUT2D eigenvalue weighted by Gasteiger charge is 2.12. The molecule has 3 N–H and O–H groups in total. The van der Waals surface area contributed by atoms with Gasteiger partial charge in [-0.05, 0) is 31.0 Å². The minimum Gasteiger partial charge on any atom is -0.387 e. The maximum Gasteiger partial charge on any atom is 0.0938 e. The van der Waals surface area contributed by atoms with Crippen molar-refractivity contribution in [3.05, 3.63) is 34.3 Å². The minimum absolute atomic E-state index is 0.279. The first-order chi connectivity index (χ1) is 6.02. The largest absolute Gasteiger partial charge is 0.387 e. The number of hydrogen-bond acceptors (Lipinski definition) is 2. The van der Waals surface area contributed by atoms with E-state index in [1.54, 1.807) is 13.0 Å². The van der Waals surface area contributed by atoms with Crippen molar-refractivity contribution in [3.8, 4) is 0 Å². The number of rotatable bonds is 2. The number of halogens is 1. The van der Waals surface area contributed by atoms with Crippen LogP contribution >= 0.6 is 11.6 Å². The van der Waals surface area contributed by atoms with E-state index in [2.05, 4.69) is 0 Å². The zero-order valence-corrected chi connectivity index (χ0v) is 8.55. The third-order valence-corrected chi connectivity index (χ3v) is 2.44. The zero-order valence-electron chi connectivity index (χ0n) is 7.79. The Morgan fingerprint density at radius 1 is 1.46 bits per heavy atom. The predicted molar refractivity (Wildman–Crippen MR) is 54.8 cm³/mol. The first-order valence-corrected chi connectivity index (χ1v) is 4.60. The summed E-state index contributed by atoms with van der Waals surface area (Å²) < 4.78 is 0. The summed E-state index contributed by atoms with van der Waals surface area (Å²) in [6.45, 7) is 3.68. The van der Waals surface area contributed by atoms with Crippen LogP contribution in [0.2, 0.25) is 5.02 Å². The van der Waals surface area contributed by atoms with Crippen molar-refractivity contribution in [2.24, 2.45) is 5.73 Å². The van der Waals surface area contributed by atoms with Crippen LogP contribution in [0.4, 0.5) is 0 Å². The highest BCUT2D eigenvalue weighted by atomic mass is 35.5. The lowest BCUT2D eigenvalue weighted by Gasteiger charge is -2.15. The molecule has 1 aromatic carbocycles. The second-order valence-electron chi connectivity index (χ2n) is 3.31. The molecule has 0 aromatic heterocycles. The fourth-order valence-corrected chi connectivity index (χ4v) is 1.29. The van der Waals surface area contributed by atoms with Crippen LogP contribution in [0.1, 0.15) is 24.2 Å². The summed E-state index contributed by atoms with van der Waals surface area (Å²) in [7, 11) is 0. The lowest BCUT2D eigenvalue weighted by molar-refractivity contribution is 0.153. The van der Waals surface area contributed by atoms with Crippen LogP contribution in [0.5, 0.6) is 0 Å². The number of benzene rings is 1. The van der Waals surface area contributed by atoms with Crippen LogP contribution in [-0.2, 0) is 0 Å². The molecule has 0 radical (unpaired) electrons. The van der Waals surface area contributed by atoms with Crippen LogP contribution in [0.25, 0.3) is 0 Å². The Hall–Kier alpha value is -0.570. The summed E-state index contributed by atoms with van der Waals surface area (Å²) in [5.41, 5.74) is 7.33. The third-order valence-electron chi connectivity index (χ3n) is 2.04. The van der Waals surface area contributed by atoms with Gasteiger partial charge in [-0.15, -0.1) is 0 Å². The van der Waals surface area contributed by atoms with E-state index in [0.717, 1.165) is 11.1 Å². The molecule has 2 nitrogen and oxygen atoms in total. The lowest BCUT2D eigenvalue weighted by atomic mass is 10.0. The van der Waals surface area contributed by atoms with Crippen LogP contribution < -0.4 is 5.73 Å². The van der Waals surface area contributed by atoms with Gasteiger partial charge in [-0.3, -0.25) is 0 Å². The van der Waals surface area contributed by atoms with Crippen molar-refractivity contribution in [2.45, 2.75) is 26.0 Å². The minimum atomic E-state index is -0.641. The smallest absolute Gasteiger partial charge is 0.0938 e. The monoisotopic (exact) mass is 199 g/mol. The zero-order chi connectivity index (χ0) is 10.0. The van der Waals surface area contributed by atoms with Gasteiger partial charge in [0.1, 0.15) is 0 Å². The SMILES string of the molecule is Cc1ccc(C(O)C(C)N)cc1Cl. The molecule has 3 heteroatoms. The molecule has 0 fully saturated rings. The van der Waals surface area contributed by atoms with Gasteiger partial charge in [0.15, 0.2) is 0 Å². The standard InChI is InChI=1S/C10H14ClNO/c1-6-3-4-8(5-9(6)11)10(13)7(2)12/h3-5,7,10,13H,12H2,1-2H3. The Labute approximate surface area is 83.3 Å². The number of aliphatic hydroxyl groups is 1. The molecule has 2 unspecified atom stereocenters. The number of aliphatic hydroxyl groups excluding tert-OH is 1. The Morgan fingerprint density at radius 2 is 2.08 bits per heavy atom. The van der Waals surface area contributed by atoms with Gasteiger partial charge >= 0.3 is 0 Å². The van der Waals surface area contributed by atoms with Crippen molar-refractivity contribution in [1.29, 1.82) is 0 Å². The van der Waals surface area contributed by atoms with E-state index in [0.29, 0.717) is 5.02 Å². The molecule has 0 amide bonds. The molecular weight excluding hydrogens is 186 g/mol. The van der Waals surface area contributed by atoms with E-state index in [1.807, 2.05) is 19.1 Å². The van der Waals surface area contributed by atoms with Crippen molar-refractivity contribution >= 4 is 11.6 Å². The quantitative estimate of drug-likeness (QED) is 0.766. The van der Waals surface area contributed by atoms with Gasteiger partial charge in [0, 0.05) is 11.1 Å². The van der Waals surface area contributed by atoms with Crippen LogP contribution in [0.3, 0.4) is 0 Å². The molecule has 72 valence electrons. The molecule has 0 spiro atoms. The molecule has 13 heavy (non-hydrogen) atoms. The predicted octanol–water partition coefficient (Wildman–Crippen LogP) is 2.03. The maximum atomic E-state index is 9.63. The molecule has 2 atom stereocenters. The summed E-state index contributed by atoms with van der Waals surface area (Å²) >= 11 is 5.91. The summed E-state index contributed by atoms with van der Waals surface area (Å²) in [4.78, 5) is 0. The number of hydrogen-bond donors (Lipinski definition) is 2. The first kappa shape index (κ1) is 10.5. The normalized spacial score (nSPS) is 15.5. The second kappa shape index (κ2) is 4.09. The van der Waals surface area contributed by atoms with Gasteiger partial charge in [-0.1, -0.05) is 23.7 Å². The lowest BCUT2D eigenvalue weighted by Crippen LogP contribution is -2.24. The van der Waals surface area contributed by atoms with Crippen LogP contribution in [0.15, 0.2) is 18.2 Å². The van der Waals surface area contributed by atoms with Crippen molar-refractivity contribution in [2.75, 3.05) is 0 Å². The average molecular weight is 200 g/mol. The summed E-state index contributed by atoms with van der Waals surface area (Å²) in [5.74, 6) is 0. The number of aryl methyl sites for hydroxylation is 1.